The van der Waals surface area contributed by atoms with Crippen LogP contribution in [0.2, 0.25) is 5.02 Å². The van der Waals surface area contributed by atoms with Crippen LogP contribution >= 0.6 is 38.9 Å². The van der Waals surface area contributed by atoms with E-state index in [1.165, 1.54) is 17.4 Å². The average molecular weight is 358 g/mol. The summed E-state index contributed by atoms with van der Waals surface area (Å²) in [4.78, 5) is 5.14. The highest BCUT2D eigenvalue weighted by Gasteiger charge is 2.15. The number of thiophene rings is 1. The SMILES string of the molecule is Oc1ccc(Cl)cc1-c1nc(-c2cc(Br)cs2)no1. The number of aromatic hydroxyl groups is 1. The number of phenols is 1. The highest BCUT2D eigenvalue weighted by Crippen LogP contribution is 2.33. The van der Waals surface area contributed by atoms with Crippen LogP contribution in [0.15, 0.2) is 38.6 Å². The Bertz CT molecular complexity index is 741. The van der Waals surface area contributed by atoms with Crippen LogP contribution in [-0.2, 0) is 0 Å². The largest absolute Gasteiger partial charge is 0.507 e. The molecule has 3 rings (SSSR count). The molecule has 2 aromatic heterocycles. The van der Waals surface area contributed by atoms with Gasteiger partial charge in [-0.05, 0) is 40.2 Å². The Morgan fingerprint density at radius 3 is 2.89 bits per heavy atom. The maximum atomic E-state index is 9.78. The Kier molecular flexibility index (Phi) is 3.30. The van der Waals surface area contributed by atoms with Crippen molar-refractivity contribution in [3.05, 3.63) is 39.1 Å². The number of nitrogens with zero attached hydrogens (tertiary/aromatic N) is 2. The minimum absolute atomic E-state index is 0.0481. The van der Waals surface area contributed by atoms with E-state index in [0.717, 1.165) is 9.35 Å². The van der Waals surface area contributed by atoms with Crippen molar-refractivity contribution in [2.24, 2.45) is 0 Å². The fourth-order valence-electron chi connectivity index (χ4n) is 1.54. The van der Waals surface area contributed by atoms with Crippen molar-refractivity contribution >= 4 is 38.9 Å². The Morgan fingerprint density at radius 2 is 2.16 bits per heavy atom. The molecule has 0 saturated heterocycles. The van der Waals surface area contributed by atoms with E-state index < -0.39 is 0 Å². The molecule has 0 aliphatic carbocycles. The van der Waals surface area contributed by atoms with E-state index in [-0.39, 0.29) is 11.6 Å². The van der Waals surface area contributed by atoms with Gasteiger partial charge in [0.05, 0.1) is 10.4 Å². The minimum atomic E-state index is 0.0481. The third-order valence-electron chi connectivity index (χ3n) is 2.40. The number of aromatic nitrogens is 2. The van der Waals surface area contributed by atoms with Crippen LogP contribution in [0.25, 0.3) is 22.2 Å². The number of phenolic OH excluding ortho intramolecular Hbond substituents is 1. The summed E-state index contributed by atoms with van der Waals surface area (Å²) < 4.78 is 6.12. The predicted octanol–water partition coefficient (Wildman–Crippen LogP) is 4.59. The second kappa shape index (κ2) is 4.96. The Balaban J connectivity index is 2.03. The summed E-state index contributed by atoms with van der Waals surface area (Å²) in [7, 11) is 0. The van der Waals surface area contributed by atoms with Gasteiger partial charge in [0, 0.05) is 14.9 Å². The summed E-state index contributed by atoms with van der Waals surface area (Å²) in [6.07, 6.45) is 0. The lowest BCUT2D eigenvalue weighted by atomic mass is 10.2. The molecule has 0 amide bonds. The Morgan fingerprint density at radius 1 is 1.32 bits per heavy atom. The third-order valence-corrected chi connectivity index (χ3v) is 4.33. The lowest BCUT2D eigenvalue weighted by molar-refractivity contribution is 0.426. The molecule has 4 nitrogen and oxygen atoms in total. The van der Waals surface area contributed by atoms with E-state index in [9.17, 15) is 5.11 Å². The zero-order chi connectivity index (χ0) is 13.4. The van der Waals surface area contributed by atoms with Crippen molar-refractivity contribution in [1.29, 1.82) is 0 Å². The van der Waals surface area contributed by atoms with E-state index in [0.29, 0.717) is 16.4 Å². The predicted molar refractivity (Wildman–Crippen MR) is 77.4 cm³/mol. The number of hydrogen-bond acceptors (Lipinski definition) is 5. The average Bonchev–Trinajstić information content (AvgIpc) is 3.00. The standard InChI is InChI=1S/C12H6BrClN2O2S/c13-6-3-10(19-5-6)11-15-12(18-16-11)8-4-7(14)1-2-9(8)17/h1-5,17H. The number of halogens is 2. The van der Waals surface area contributed by atoms with Crippen LogP contribution in [0.5, 0.6) is 5.75 Å². The summed E-state index contributed by atoms with van der Waals surface area (Å²) >= 11 is 10.8. The van der Waals surface area contributed by atoms with Crippen LogP contribution in [-0.4, -0.2) is 15.2 Å². The molecule has 0 unspecified atom stereocenters. The van der Waals surface area contributed by atoms with E-state index in [2.05, 4.69) is 26.1 Å². The molecule has 96 valence electrons. The Labute approximate surface area is 125 Å². The summed E-state index contributed by atoms with van der Waals surface area (Å²) in [5.74, 6) is 0.761. The maximum Gasteiger partial charge on any atom is 0.262 e. The molecule has 0 aliphatic rings. The highest BCUT2D eigenvalue weighted by atomic mass is 79.9. The summed E-state index contributed by atoms with van der Waals surface area (Å²) in [5.41, 5.74) is 0.418. The van der Waals surface area contributed by atoms with Gasteiger partial charge in [0.15, 0.2) is 0 Å². The summed E-state index contributed by atoms with van der Waals surface area (Å²) in [5, 5.41) is 16.1. The molecule has 1 aromatic carbocycles. The molecule has 0 radical (unpaired) electrons. The van der Waals surface area contributed by atoms with Crippen molar-refractivity contribution in [2.45, 2.75) is 0 Å². The normalized spacial score (nSPS) is 10.8. The van der Waals surface area contributed by atoms with Gasteiger partial charge in [-0.1, -0.05) is 16.8 Å². The monoisotopic (exact) mass is 356 g/mol. The second-order valence-electron chi connectivity index (χ2n) is 3.71. The summed E-state index contributed by atoms with van der Waals surface area (Å²) in [6, 6.07) is 6.56. The smallest absolute Gasteiger partial charge is 0.262 e. The van der Waals surface area contributed by atoms with E-state index >= 15 is 0 Å². The molecule has 0 spiro atoms. The van der Waals surface area contributed by atoms with Gasteiger partial charge in [-0.15, -0.1) is 11.3 Å². The first-order chi connectivity index (χ1) is 9.13. The first-order valence-electron chi connectivity index (χ1n) is 5.20. The molecule has 3 aromatic rings. The van der Waals surface area contributed by atoms with E-state index in [1.807, 2.05) is 11.4 Å². The quantitative estimate of drug-likeness (QED) is 0.729. The topological polar surface area (TPSA) is 59.2 Å². The van der Waals surface area contributed by atoms with Crippen molar-refractivity contribution in [3.63, 3.8) is 0 Å². The van der Waals surface area contributed by atoms with Crippen molar-refractivity contribution < 1.29 is 9.63 Å². The van der Waals surface area contributed by atoms with Crippen molar-refractivity contribution in [1.82, 2.24) is 10.1 Å². The highest BCUT2D eigenvalue weighted by molar-refractivity contribution is 9.10. The number of benzene rings is 1. The van der Waals surface area contributed by atoms with Crippen LogP contribution in [0.4, 0.5) is 0 Å². The van der Waals surface area contributed by atoms with Crippen molar-refractivity contribution in [2.75, 3.05) is 0 Å². The van der Waals surface area contributed by atoms with Crippen LogP contribution in [0.3, 0.4) is 0 Å². The maximum absolute atomic E-state index is 9.78. The summed E-state index contributed by atoms with van der Waals surface area (Å²) in [6.45, 7) is 0. The second-order valence-corrected chi connectivity index (χ2v) is 5.98. The van der Waals surface area contributed by atoms with Gasteiger partial charge in [-0.25, -0.2) is 0 Å². The fourth-order valence-corrected chi connectivity index (χ4v) is 3.07. The lowest BCUT2D eigenvalue weighted by Crippen LogP contribution is -1.80. The zero-order valence-electron chi connectivity index (χ0n) is 9.30. The van der Waals surface area contributed by atoms with Gasteiger partial charge in [0.25, 0.3) is 5.89 Å². The van der Waals surface area contributed by atoms with Crippen molar-refractivity contribution in [3.8, 4) is 27.9 Å². The molecule has 0 atom stereocenters. The van der Waals surface area contributed by atoms with Gasteiger partial charge in [-0.3, -0.25) is 0 Å². The van der Waals surface area contributed by atoms with Gasteiger partial charge < -0.3 is 9.63 Å². The molecule has 0 saturated carbocycles. The van der Waals surface area contributed by atoms with E-state index in [4.69, 9.17) is 16.1 Å². The third kappa shape index (κ3) is 2.51. The molecule has 2 heterocycles. The van der Waals surface area contributed by atoms with Gasteiger partial charge in [0.2, 0.25) is 5.82 Å². The zero-order valence-corrected chi connectivity index (χ0v) is 12.5. The van der Waals surface area contributed by atoms with Gasteiger partial charge >= 0.3 is 0 Å². The Hall–Kier alpha value is -1.37. The molecular formula is C12H6BrClN2O2S. The molecule has 1 N–H and O–H groups in total. The number of rotatable bonds is 2. The molecular weight excluding hydrogens is 352 g/mol. The lowest BCUT2D eigenvalue weighted by Gasteiger charge is -1.98. The first-order valence-corrected chi connectivity index (χ1v) is 7.25. The fraction of sp³-hybridized carbons (Fsp3) is 0. The van der Waals surface area contributed by atoms with E-state index in [1.54, 1.807) is 12.1 Å². The molecule has 0 fully saturated rings. The van der Waals surface area contributed by atoms with Crippen LogP contribution in [0, 0.1) is 0 Å². The molecule has 19 heavy (non-hydrogen) atoms. The minimum Gasteiger partial charge on any atom is -0.507 e. The first kappa shape index (κ1) is 12.7. The van der Waals surface area contributed by atoms with Gasteiger partial charge in [0.1, 0.15) is 5.75 Å². The molecule has 0 aliphatic heterocycles. The van der Waals surface area contributed by atoms with Crippen LogP contribution in [0.1, 0.15) is 0 Å². The van der Waals surface area contributed by atoms with Gasteiger partial charge in [-0.2, -0.15) is 4.98 Å². The number of hydrogen-bond donors (Lipinski definition) is 1. The van der Waals surface area contributed by atoms with Crippen LogP contribution < -0.4 is 0 Å². The molecule has 0 bridgehead atoms. The molecule has 7 heteroatoms.